The number of hydrogen-bond donors (Lipinski definition) is 1. The van der Waals surface area contributed by atoms with E-state index in [1.165, 1.54) is 38.9 Å². The summed E-state index contributed by atoms with van der Waals surface area (Å²) in [5, 5.41) is 3.68. The molecule has 0 amide bonds. The van der Waals surface area contributed by atoms with E-state index in [1.807, 2.05) is 0 Å². The highest BCUT2D eigenvalue weighted by atomic mass is 15.2. The molecule has 0 radical (unpaired) electrons. The van der Waals surface area contributed by atoms with Crippen LogP contribution in [0.4, 0.5) is 0 Å². The normalized spacial score (nSPS) is 21.9. The molecule has 0 spiro atoms. The van der Waals surface area contributed by atoms with Crippen molar-refractivity contribution in [3.8, 4) is 0 Å². The topological polar surface area (TPSA) is 15.3 Å². The SMILES string of the molecule is CCC(CC)(CNC(C)C)CN1CCC(C(C)(C)C)C1. The lowest BCUT2D eigenvalue weighted by Gasteiger charge is -2.37. The van der Waals surface area contributed by atoms with Crippen molar-refractivity contribution < 1.29 is 0 Å². The Morgan fingerprint density at radius 1 is 1.15 bits per heavy atom. The summed E-state index contributed by atoms with van der Waals surface area (Å²) >= 11 is 0. The van der Waals surface area contributed by atoms with Crippen molar-refractivity contribution in [1.82, 2.24) is 10.2 Å². The van der Waals surface area contributed by atoms with Crippen LogP contribution in [0.5, 0.6) is 0 Å². The summed E-state index contributed by atoms with van der Waals surface area (Å²) in [5.74, 6) is 0.868. The van der Waals surface area contributed by atoms with Crippen LogP contribution in [0, 0.1) is 16.7 Å². The Balaban J connectivity index is 2.59. The van der Waals surface area contributed by atoms with Crippen LogP contribution in [0.3, 0.4) is 0 Å². The minimum Gasteiger partial charge on any atom is -0.314 e. The number of hydrogen-bond acceptors (Lipinski definition) is 2. The second kappa shape index (κ2) is 7.26. The number of nitrogens with zero attached hydrogens (tertiary/aromatic N) is 1. The van der Waals surface area contributed by atoms with E-state index < -0.39 is 0 Å². The first-order valence-corrected chi connectivity index (χ1v) is 8.68. The molecule has 1 unspecified atom stereocenters. The van der Waals surface area contributed by atoms with Crippen LogP contribution < -0.4 is 5.32 Å². The molecular formula is C18H38N2. The minimum atomic E-state index is 0.455. The van der Waals surface area contributed by atoms with Crippen LogP contribution in [-0.2, 0) is 0 Å². The summed E-state index contributed by atoms with van der Waals surface area (Å²) in [5.41, 5.74) is 0.920. The Morgan fingerprint density at radius 3 is 2.15 bits per heavy atom. The predicted octanol–water partition coefficient (Wildman–Crippen LogP) is 4.16. The Kier molecular flexibility index (Phi) is 6.53. The maximum atomic E-state index is 3.68. The molecule has 1 aliphatic heterocycles. The monoisotopic (exact) mass is 282 g/mol. The fourth-order valence-corrected chi connectivity index (χ4v) is 3.36. The van der Waals surface area contributed by atoms with Gasteiger partial charge in [-0.3, -0.25) is 0 Å². The van der Waals surface area contributed by atoms with Crippen molar-refractivity contribution in [3.63, 3.8) is 0 Å². The summed E-state index contributed by atoms with van der Waals surface area (Å²) in [6, 6.07) is 0.591. The Labute approximate surface area is 127 Å². The third-order valence-corrected chi connectivity index (χ3v) is 5.44. The lowest BCUT2D eigenvalue weighted by atomic mass is 9.80. The van der Waals surface area contributed by atoms with Crippen molar-refractivity contribution in [3.05, 3.63) is 0 Å². The highest BCUT2D eigenvalue weighted by Crippen LogP contribution is 2.36. The summed E-state index contributed by atoms with van der Waals surface area (Å²) in [7, 11) is 0. The van der Waals surface area contributed by atoms with Gasteiger partial charge in [0.05, 0.1) is 0 Å². The third kappa shape index (κ3) is 5.04. The fraction of sp³-hybridized carbons (Fsp3) is 1.00. The van der Waals surface area contributed by atoms with E-state index >= 15 is 0 Å². The molecule has 2 nitrogen and oxygen atoms in total. The molecule has 20 heavy (non-hydrogen) atoms. The molecule has 1 atom stereocenters. The number of likely N-dealkylation sites (tertiary alicyclic amines) is 1. The Bertz CT molecular complexity index is 274. The van der Waals surface area contributed by atoms with Crippen LogP contribution in [0.25, 0.3) is 0 Å². The minimum absolute atomic E-state index is 0.455. The van der Waals surface area contributed by atoms with Crippen LogP contribution in [0.1, 0.15) is 67.7 Å². The average molecular weight is 283 g/mol. The average Bonchev–Trinajstić information content (AvgIpc) is 2.82. The smallest absolute Gasteiger partial charge is 0.00501 e. The molecule has 0 saturated carbocycles. The molecule has 1 heterocycles. The van der Waals surface area contributed by atoms with E-state index in [9.17, 15) is 0 Å². The molecule has 0 aromatic rings. The zero-order valence-electron chi connectivity index (χ0n) is 15.1. The maximum Gasteiger partial charge on any atom is 0.00501 e. The molecule has 1 fully saturated rings. The fourth-order valence-electron chi connectivity index (χ4n) is 3.36. The van der Waals surface area contributed by atoms with Crippen molar-refractivity contribution in [2.45, 2.75) is 73.8 Å². The van der Waals surface area contributed by atoms with Gasteiger partial charge in [-0.2, -0.15) is 0 Å². The van der Waals surface area contributed by atoms with Gasteiger partial charge in [-0.15, -0.1) is 0 Å². The highest BCUT2D eigenvalue weighted by molar-refractivity contribution is 4.89. The maximum absolute atomic E-state index is 3.68. The molecular weight excluding hydrogens is 244 g/mol. The van der Waals surface area contributed by atoms with Gasteiger partial charge in [0.2, 0.25) is 0 Å². The zero-order chi connectivity index (χ0) is 15.4. The molecule has 0 aromatic heterocycles. The van der Waals surface area contributed by atoms with Crippen LogP contribution >= 0.6 is 0 Å². The quantitative estimate of drug-likeness (QED) is 0.754. The van der Waals surface area contributed by atoms with E-state index in [2.05, 4.69) is 58.7 Å². The first-order chi connectivity index (χ1) is 9.22. The largest absolute Gasteiger partial charge is 0.314 e. The van der Waals surface area contributed by atoms with E-state index in [0.717, 1.165) is 12.5 Å². The number of rotatable bonds is 7. The molecule has 1 saturated heterocycles. The van der Waals surface area contributed by atoms with E-state index in [1.54, 1.807) is 0 Å². The molecule has 0 aliphatic carbocycles. The van der Waals surface area contributed by atoms with Crippen molar-refractivity contribution in [2.75, 3.05) is 26.2 Å². The molecule has 1 aliphatic rings. The second-order valence-electron chi connectivity index (χ2n) is 8.33. The second-order valence-corrected chi connectivity index (χ2v) is 8.33. The van der Waals surface area contributed by atoms with Gasteiger partial charge in [0, 0.05) is 25.7 Å². The van der Waals surface area contributed by atoms with Gasteiger partial charge in [-0.05, 0) is 42.6 Å². The van der Waals surface area contributed by atoms with Gasteiger partial charge >= 0.3 is 0 Å². The van der Waals surface area contributed by atoms with E-state index in [-0.39, 0.29) is 0 Å². The van der Waals surface area contributed by atoms with Crippen LogP contribution in [0.15, 0.2) is 0 Å². The van der Waals surface area contributed by atoms with Gasteiger partial charge < -0.3 is 10.2 Å². The molecule has 1 rings (SSSR count). The van der Waals surface area contributed by atoms with Gasteiger partial charge in [-0.25, -0.2) is 0 Å². The lowest BCUT2D eigenvalue weighted by molar-refractivity contribution is 0.139. The summed E-state index contributed by atoms with van der Waals surface area (Å²) in [6.45, 7) is 21.4. The third-order valence-electron chi connectivity index (χ3n) is 5.44. The standard InChI is InChI=1S/C18H38N2/c1-8-18(9-2,13-19-15(3)4)14-20-11-10-16(12-20)17(5,6)7/h15-16,19H,8-14H2,1-7H3. The lowest BCUT2D eigenvalue weighted by Crippen LogP contribution is -2.44. The molecule has 0 aromatic carbocycles. The van der Waals surface area contributed by atoms with Crippen LogP contribution in [0.2, 0.25) is 0 Å². The zero-order valence-corrected chi connectivity index (χ0v) is 15.1. The summed E-state index contributed by atoms with van der Waals surface area (Å²) in [6.07, 6.45) is 3.93. The predicted molar refractivity (Wildman–Crippen MR) is 90.2 cm³/mol. The molecule has 2 heteroatoms. The summed E-state index contributed by atoms with van der Waals surface area (Å²) in [4.78, 5) is 2.73. The Hall–Kier alpha value is -0.0800. The molecule has 1 N–H and O–H groups in total. The Morgan fingerprint density at radius 2 is 1.75 bits per heavy atom. The highest BCUT2D eigenvalue weighted by Gasteiger charge is 2.36. The summed E-state index contributed by atoms with van der Waals surface area (Å²) < 4.78 is 0. The molecule has 0 bridgehead atoms. The van der Waals surface area contributed by atoms with Crippen LogP contribution in [-0.4, -0.2) is 37.1 Å². The van der Waals surface area contributed by atoms with Gasteiger partial charge in [-0.1, -0.05) is 48.5 Å². The van der Waals surface area contributed by atoms with Crippen molar-refractivity contribution in [1.29, 1.82) is 0 Å². The first kappa shape index (κ1) is 18.0. The van der Waals surface area contributed by atoms with Gasteiger partial charge in [0.25, 0.3) is 0 Å². The first-order valence-electron chi connectivity index (χ1n) is 8.68. The van der Waals surface area contributed by atoms with E-state index in [0.29, 0.717) is 16.9 Å². The van der Waals surface area contributed by atoms with Crippen molar-refractivity contribution >= 4 is 0 Å². The number of nitrogens with one attached hydrogen (secondary N) is 1. The molecule has 120 valence electrons. The van der Waals surface area contributed by atoms with Crippen molar-refractivity contribution in [2.24, 2.45) is 16.7 Å². The van der Waals surface area contributed by atoms with E-state index in [4.69, 9.17) is 0 Å². The van der Waals surface area contributed by atoms with Gasteiger partial charge in [0.1, 0.15) is 0 Å². The van der Waals surface area contributed by atoms with Gasteiger partial charge in [0.15, 0.2) is 0 Å².